The lowest BCUT2D eigenvalue weighted by molar-refractivity contribution is 0.0976. The SMILES string of the molecule is O=c1[nH]c2cc(N3CCOCC3Sc3ccccc3)c(F)cc2c(N[C@H]2CN3CCC2CC3)c1-c1nc2ccccc2[nH]1. The number of anilines is 2. The monoisotopic (exact) mass is 596 g/mol. The maximum atomic E-state index is 16.3. The Bertz CT molecular complexity index is 1820. The van der Waals surface area contributed by atoms with Crippen molar-refractivity contribution in [1.29, 1.82) is 0 Å². The zero-order valence-corrected chi connectivity index (χ0v) is 24.5. The minimum absolute atomic E-state index is 0.103. The Labute approximate surface area is 252 Å². The Hall–Kier alpha value is -3.86. The van der Waals surface area contributed by atoms with Gasteiger partial charge in [-0.05, 0) is 68.2 Å². The third-order valence-corrected chi connectivity index (χ3v) is 10.3. The number of para-hydroxylation sites is 2. The number of H-pyrrole nitrogens is 2. The first-order valence-corrected chi connectivity index (χ1v) is 15.9. The molecule has 9 rings (SSSR count). The summed E-state index contributed by atoms with van der Waals surface area (Å²) in [5.74, 6) is 0.661. The first-order chi connectivity index (χ1) is 21.1. The molecule has 3 aromatic carbocycles. The second-order valence-electron chi connectivity index (χ2n) is 11.7. The summed E-state index contributed by atoms with van der Waals surface area (Å²) in [5, 5.41) is 4.29. The highest BCUT2D eigenvalue weighted by atomic mass is 32.2. The fourth-order valence-electron chi connectivity index (χ4n) is 6.90. The first-order valence-electron chi connectivity index (χ1n) is 15.0. The molecule has 0 saturated carbocycles. The highest BCUT2D eigenvalue weighted by Crippen LogP contribution is 2.39. The van der Waals surface area contributed by atoms with E-state index in [1.807, 2.05) is 42.5 Å². The summed E-state index contributed by atoms with van der Waals surface area (Å²) < 4.78 is 22.1. The van der Waals surface area contributed by atoms with Crippen LogP contribution in [0.25, 0.3) is 33.3 Å². The normalized spacial score (nSPS) is 23.7. The lowest BCUT2D eigenvalue weighted by Crippen LogP contribution is -2.53. The molecule has 2 aromatic heterocycles. The number of hydrogen-bond donors (Lipinski definition) is 3. The van der Waals surface area contributed by atoms with Crippen molar-refractivity contribution in [2.45, 2.75) is 29.2 Å². The highest BCUT2D eigenvalue weighted by molar-refractivity contribution is 8.00. The van der Waals surface area contributed by atoms with Gasteiger partial charge in [-0.1, -0.05) is 42.1 Å². The zero-order valence-electron chi connectivity index (χ0n) is 23.7. The molecule has 4 saturated heterocycles. The van der Waals surface area contributed by atoms with Crippen LogP contribution in [0.2, 0.25) is 0 Å². The molecule has 2 bridgehead atoms. The molecule has 6 heterocycles. The van der Waals surface area contributed by atoms with Crippen LogP contribution in [-0.4, -0.2) is 70.7 Å². The minimum atomic E-state index is -0.326. The van der Waals surface area contributed by atoms with Gasteiger partial charge in [0, 0.05) is 29.4 Å². The number of hydrogen-bond acceptors (Lipinski definition) is 7. The number of fused-ring (bicyclic) bond motifs is 5. The van der Waals surface area contributed by atoms with Crippen LogP contribution >= 0.6 is 11.8 Å². The molecule has 8 nitrogen and oxygen atoms in total. The second kappa shape index (κ2) is 11.0. The molecular weight excluding hydrogens is 563 g/mol. The molecule has 0 amide bonds. The number of nitrogens with one attached hydrogen (secondary N) is 3. The molecule has 4 aliphatic rings. The van der Waals surface area contributed by atoms with Crippen molar-refractivity contribution >= 4 is 45.1 Å². The van der Waals surface area contributed by atoms with Gasteiger partial charge in [-0.3, -0.25) is 4.79 Å². The molecule has 0 radical (unpaired) electrons. The molecule has 10 heteroatoms. The third-order valence-electron chi connectivity index (χ3n) is 9.10. The van der Waals surface area contributed by atoms with Gasteiger partial charge >= 0.3 is 0 Å². The lowest BCUT2D eigenvalue weighted by Gasteiger charge is -2.45. The third kappa shape index (κ3) is 4.97. The summed E-state index contributed by atoms with van der Waals surface area (Å²) in [6.07, 6.45) is 2.24. The Kier molecular flexibility index (Phi) is 6.84. The van der Waals surface area contributed by atoms with Gasteiger partial charge in [-0.2, -0.15) is 0 Å². The van der Waals surface area contributed by atoms with Crippen LogP contribution in [0.3, 0.4) is 0 Å². The number of nitrogens with zero attached hydrogens (tertiary/aromatic N) is 3. The van der Waals surface area contributed by atoms with Crippen molar-refractivity contribution in [3.8, 4) is 11.4 Å². The van der Waals surface area contributed by atoms with E-state index in [9.17, 15) is 4.79 Å². The quantitative estimate of drug-likeness (QED) is 0.233. The van der Waals surface area contributed by atoms with E-state index < -0.39 is 0 Å². The van der Waals surface area contributed by atoms with Crippen LogP contribution in [0.5, 0.6) is 0 Å². The van der Waals surface area contributed by atoms with E-state index in [1.165, 1.54) is 0 Å². The van der Waals surface area contributed by atoms with Crippen molar-refractivity contribution in [1.82, 2.24) is 19.9 Å². The van der Waals surface area contributed by atoms with Gasteiger partial charge < -0.3 is 29.8 Å². The number of morpholine rings is 1. The number of pyridine rings is 1. The molecule has 5 aromatic rings. The number of rotatable bonds is 6. The highest BCUT2D eigenvalue weighted by Gasteiger charge is 2.35. The van der Waals surface area contributed by atoms with Gasteiger partial charge in [0.1, 0.15) is 22.6 Å². The van der Waals surface area contributed by atoms with Gasteiger partial charge in [-0.25, -0.2) is 9.37 Å². The van der Waals surface area contributed by atoms with Crippen LogP contribution in [-0.2, 0) is 4.74 Å². The molecular formula is C33H33FN6O2S. The maximum Gasteiger partial charge on any atom is 0.261 e. The van der Waals surface area contributed by atoms with Crippen LogP contribution in [0, 0.1) is 11.7 Å². The fourth-order valence-corrected chi connectivity index (χ4v) is 8.04. The van der Waals surface area contributed by atoms with E-state index in [0.29, 0.717) is 59.3 Å². The fraction of sp³-hybridized carbons (Fsp3) is 0.333. The number of halogens is 1. The van der Waals surface area contributed by atoms with Crippen LogP contribution in [0.4, 0.5) is 15.8 Å². The minimum Gasteiger partial charge on any atom is -0.379 e. The predicted octanol–water partition coefficient (Wildman–Crippen LogP) is 5.67. The molecule has 43 heavy (non-hydrogen) atoms. The summed E-state index contributed by atoms with van der Waals surface area (Å²) >= 11 is 1.65. The molecule has 1 unspecified atom stereocenters. The smallest absolute Gasteiger partial charge is 0.261 e. The first kappa shape index (κ1) is 26.7. The Morgan fingerprint density at radius 2 is 1.79 bits per heavy atom. The van der Waals surface area contributed by atoms with Gasteiger partial charge in [0.25, 0.3) is 5.56 Å². The van der Waals surface area contributed by atoms with E-state index >= 15 is 4.39 Å². The number of aromatic amines is 2. The zero-order chi connectivity index (χ0) is 28.9. The average Bonchev–Trinajstić information content (AvgIpc) is 3.46. The van der Waals surface area contributed by atoms with E-state index in [2.05, 4.69) is 37.2 Å². The van der Waals surface area contributed by atoms with Gasteiger partial charge in [0.15, 0.2) is 0 Å². The van der Waals surface area contributed by atoms with Crippen molar-refractivity contribution < 1.29 is 9.13 Å². The van der Waals surface area contributed by atoms with Crippen molar-refractivity contribution in [3.05, 3.63) is 82.9 Å². The van der Waals surface area contributed by atoms with Crippen LogP contribution < -0.4 is 15.8 Å². The van der Waals surface area contributed by atoms with Gasteiger partial charge in [0.05, 0.1) is 41.1 Å². The van der Waals surface area contributed by atoms with E-state index in [1.54, 1.807) is 23.9 Å². The summed E-state index contributed by atoms with van der Waals surface area (Å²) in [7, 11) is 0. The summed E-state index contributed by atoms with van der Waals surface area (Å²) in [4.78, 5) is 30.7. The topological polar surface area (TPSA) is 89.3 Å². The summed E-state index contributed by atoms with van der Waals surface area (Å²) in [6.45, 7) is 4.66. The number of benzene rings is 3. The number of thioether (sulfide) groups is 1. The van der Waals surface area contributed by atoms with Crippen molar-refractivity contribution in [3.63, 3.8) is 0 Å². The Morgan fingerprint density at radius 3 is 2.58 bits per heavy atom. The molecule has 3 N–H and O–H groups in total. The Balaban J connectivity index is 1.25. The standard InChI is InChI=1S/C33H33FN6O2S/c34-23-16-22-26(17-28(23)40-14-15-42-19-29(40)43-21-6-2-1-3-7-21)38-33(41)30(32-36-24-8-4-5-9-25(24)37-32)31(22)35-27-18-39-12-10-20(27)11-13-39/h1-9,16-17,20,27,29H,10-15,18-19H2,(H,36,37)(H2,35,38,41)/t27-,29?/m0/s1. The molecule has 4 aliphatic heterocycles. The lowest BCUT2D eigenvalue weighted by atomic mass is 9.83. The van der Waals surface area contributed by atoms with E-state index in [-0.39, 0.29) is 22.8 Å². The van der Waals surface area contributed by atoms with Crippen LogP contribution in [0.15, 0.2) is 76.4 Å². The van der Waals surface area contributed by atoms with Crippen LogP contribution in [0.1, 0.15) is 12.8 Å². The van der Waals surface area contributed by atoms with E-state index in [0.717, 1.165) is 48.4 Å². The average molecular weight is 597 g/mol. The number of aromatic nitrogens is 3. The number of imidazole rings is 1. The predicted molar refractivity (Wildman–Crippen MR) is 170 cm³/mol. The maximum absolute atomic E-state index is 16.3. The van der Waals surface area contributed by atoms with E-state index in [4.69, 9.17) is 9.72 Å². The van der Waals surface area contributed by atoms with Gasteiger partial charge in [-0.15, -0.1) is 0 Å². The molecule has 0 spiro atoms. The largest absolute Gasteiger partial charge is 0.379 e. The Morgan fingerprint density at radius 1 is 0.977 bits per heavy atom. The second-order valence-corrected chi connectivity index (χ2v) is 12.9. The molecule has 4 fully saturated rings. The number of piperidine rings is 3. The summed E-state index contributed by atoms with van der Waals surface area (Å²) in [6, 6.07) is 21.4. The summed E-state index contributed by atoms with van der Waals surface area (Å²) in [5.41, 5.74) is 3.48. The molecule has 0 aliphatic carbocycles. The molecule has 220 valence electrons. The molecule has 2 atom stereocenters. The number of ether oxygens (including phenoxy) is 1. The van der Waals surface area contributed by atoms with Crippen molar-refractivity contribution in [2.24, 2.45) is 5.92 Å². The van der Waals surface area contributed by atoms with Crippen molar-refractivity contribution in [2.75, 3.05) is 49.6 Å². The van der Waals surface area contributed by atoms with Gasteiger partial charge in [0.2, 0.25) is 0 Å².